The molecule has 0 aromatic carbocycles. The van der Waals surface area contributed by atoms with Crippen LogP contribution in [-0.4, -0.2) is 28.0 Å². The van der Waals surface area contributed by atoms with Gasteiger partial charge in [0.15, 0.2) is 0 Å². The van der Waals surface area contributed by atoms with E-state index in [2.05, 4.69) is 10.3 Å². The Balaban J connectivity index is 2.64. The van der Waals surface area contributed by atoms with Gasteiger partial charge in [0, 0.05) is 6.20 Å². The number of carbonyl (C=O) groups excluding carboxylic acids is 1. The molecule has 1 heterocycles. The summed E-state index contributed by atoms with van der Waals surface area (Å²) in [5.74, 6) is -1.27. The fraction of sp³-hybridized carbons (Fsp3) is 0.300. The molecule has 0 bridgehead atoms. The number of carboxylic acid groups (broad SMARTS) is 1. The van der Waals surface area contributed by atoms with Gasteiger partial charge in [-0.05, 0) is 18.6 Å². The number of aryl methyl sites for hydroxylation is 1. The van der Waals surface area contributed by atoms with E-state index in [9.17, 15) is 9.59 Å². The number of amides is 1. The molecule has 0 saturated heterocycles. The second-order valence-electron chi connectivity index (χ2n) is 3.36. The highest BCUT2D eigenvalue weighted by Crippen LogP contribution is 2.09. The van der Waals surface area contributed by atoms with E-state index in [1.54, 1.807) is 19.1 Å². The van der Waals surface area contributed by atoms with E-state index in [1.807, 2.05) is 0 Å². The van der Waals surface area contributed by atoms with Crippen molar-refractivity contribution in [3.05, 3.63) is 23.9 Å². The average molecular weight is 223 g/mol. The van der Waals surface area contributed by atoms with Gasteiger partial charge in [0.05, 0.1) is 12.5 Å². The minimum absolute atomic E-state index is 0.397. The number of anilines is 1. The predicted molar refractivity (Wildman–Crippen MR) is 57.8 cm³/mol. The first-order valence-electron chi connectivity index (χ1n) is 4.70. The average Bonchev–Trinajstić information content (AvgIpc) is 2.20. The fourth-order valence-electron chi connectivity index (χ4n) is 1.11. The van der Waals surface area contributed by atoms with Crippen molar-refractivity contribution in [2.45, 2.75) is 19.4 Å². The summed E-state index contributed by atoms with van der Waals surface area (Å²) in [6.07, 6.45) is 1.13. The quantitative estimate of drug-likeness (QED) is 0.672. The van der Waals surface area contributed by atoms with Crippen LogP contribution in [0.25, 0.3) is 0 Å². The Kier molecular flexibility index (Phi) is 3.96. The molecule has 6 nitrogen and oxygen atoms in total. The number of nitrogens with two attached hydrogens (primary N) is 1. The highest BCUT2D eigenvalue weighted by molar-refractivity contribution is 5.96. The zero-order chi connectivity index (χ0) is 12.1. The number of aliphatic carboxylic acids is 1. The largest absolute Gasteiger partial charge is 0.481 e. The molecule has 0 aliphatic rings. The van der Waals surface area contributed by atoms with Crippen molar-refractivity contribution in [2.24, 2.45) is 5.73 Å². The number of nitrogens with zero attached hydrogens (tertiary/aromatic N) is 1. The van der Waals surface area contributed by atoms with E-state index in [0.717, 1.165) is 5.56 Å². The summed E-state index contributed by atoms with van der Waals surface area (Å²) in [7, 11) is 0. The van der Waals surface area contributed by atoms with Crippen molar-refractivity contribution >= 4 is 17.7 Å². The van der Waals surface area contributed by atoms with E-state index in [0.29, 0.717) is 5.82 Å². The number of aromatic nitrogens is 1. The Labute approximate surface area is 92.5 Å². The van der Waals surface area contributed by atoms with Crippen LogP contribution >= 0.6 is 0 Å². The summed E-state index contributed by atoms with van der Waals surface area (Å²) in [6.45, 7) is 1.78. The van der Waals surface area contributed by atoms with Gasteiger partial charge in [0.25, 0.3) is 0 Å². The third kappa shape index (κ3) is 3.32. The monoisotopic (exact) mass is 223 g/mol. The van der Waals surface area contributed by atoms with Crippen molar-refractivity contribution in [1.82, 2.24) is 4.98 Å². The standard InChI is InChI=1S/C10H13N3O3/c1-6-3-2-4-12-9(6)13-10(16)7(11)5-8(14)15/h2-4,7H,5,11H2,1H3,(H,14,15)(H,12,13,16). The second-order valence-corrected chi connectivity index (χ2v) is 3.36. The number of hydrogen-bond donors (Lipinski definition) is 3. The third-order valence-corrected chi connectivity index (χ3v) is 1.98. The Bertz CT molecular complexity index is 406. The van der Waals surface area contributed by atoms with Crippen molar-refractivity contribution in [2.75, 3.05) is 5.32 Å². The Morgan fingerprint density at radius 2 is 2.31 bits per heavy atom. The first kappa shape index (κ1) is 12.1. The van der Waals surface area contributed by atoms with Gasteiger partial charge in [-0.2, -0.15) is 0 Å². The first-order valence-corrected chi connectivity index (χ1v) is 4.70. The maximum atomic E-state index is 11.5. The molecule has 0 aliphatic carbocycles. The zero-order valence-corrected chi connectivity index (χ0v) is 8.80. The maximum absolute atomic E-state index is 11.5. The maximum Gasteiger partial charge on any atom is 0.305 e. The molecular weight excluding hydrogens is 210 g/mol. The number of pyridine rings is 1. The van der Waals surface area contributed by atoms with Crippen LogP contribution in [0.4, 0.5) is 5.82 Å². The van der Waals surface area contributed by atoms with Crippen LogP contribution in [0.3, 0.4) is 0 Å². The predicted octanol–water partition coefficient (Wildman–Crippen LogP) is 0.131. The minimum atomic E-state index is -1.11. The number of nitrogens with one attached hydrogen (secondary N) is 1. The van der Waals surface area contributed by atoms with Gasteiger partial charge >= 0.3 is 5.97 Å². The Morgan fingerprint density at radius 1 is 1.62 bits per heavy atom. The molecular formula is C10H13N3O3. The van der Waals surface area contributed by atoms with Gasteiger partial charge < -0.3 is 16.2 Å². The lowest BCUT2D eigenvalue weighted by Crippen LogP contribution is -2.37. The van der Waals surface area contributed by atoms with Gasteiger partial charge in [-0.1, -0.05) is 6.07 Å². The molecule has 1 rings (SSSR count). The molecule has 0 spiro atoms. The number of rotatable bonds is 4. The molecule has 1 aromatic rings. The van der Waals surface area contributed by atoms with E-state index in [1.165, 1.54) is 6.20 Å². The summed E-state index contributed by atoms with van der Waals surface area (Å²) >= 11 is 0. The number of carboxylic acids is 1. The molecule has 1 amide bonds. The Hall–Kier alpha value is -1.95. The summed E-state index contributed by atoms with van der Waals surface area (Å²) < 4.78 is 0. The van der Waals surface area contributed by atoms with E-state index in [4.69, 9.17) is 10.8 Å². The lowest BCUT2D eigenvalue weighted by molar-refractivity contribution is -0.138. The molecule has 0 radical (unpaired) electrons. The molecule has 1 atom stereocenters. The second kappa shape index (κ2) is 5.22. The molecule has 0 aliphatic heterocycles. The van der Waals surface area contributed by atoms with Crippen LogP contribution in [-0.2, 0) is 9.59 Å². The lowest BCUT2D eigenvalue weighted by atomic mass is 10.2. The summed E-state index contributed by atoms with van der Waals surface area (Å²) in [5.41, 5.74) is 6.19. The van der Waals surface area contributed by atoms with Crippen molar-refractivity contribution in [3.8, 4) is 0 Å². The summed E-state index contributed by atoms with van der Waals surface area (Å²) in [6, 6.07) is 2.45. The summed E-state index contributed by atoms with van der Waals surface area (Å²) in [4.78, 5) is 25.8. The molecule has 0 saturated carbocycles. The van der Waals surface area contributed by atoms with Crippen LogP contribution in [0.5, 0.6) is 0 Å². The van der Waals surface area contributed by atoms with Crippen molar-refractivity contribution in [1.29, 1.82) is 0 Å². The zero-order valence-electron chi connectivity index (χ0n) is 8.80. The van der Waals surface area contributed by atoms with E-state index in [-0.39, 0.29) is 0 Å². The van der Waals surface area contributed by atoms with Crippen LogP contribution < -0.4 is 11.1 Å². The Morgan fingerprint density at radius 3 is 2.88 bits per heavy atom. The van der Waals surface area contributed by atoms with Gasteiger partial charge in [-0.25, -0.2) is 4.98 Å². The van der Waals surface area contributed by atoms with Gasteiger partial charge in [0.1, 0.15) is 5.82 Å². The summed E-state index contributed by atoms with van der Waals surface area (Å²) in [5, 5.41) is 11.0. The fourth-order valence-corrected chi connectivity index (χ4v) is 1.11. The highest BCUT2D eigenvalue weighted by Gasteiger charge is 2.17. The topological polar surface area (TPSA) is 105 Å². The van der Waals surface area contributed by atoms with Gasteiger partial charge in [-0.3, -0.25) is 9.59 Å². The van der Waals surface area contributed by atoms with Crippen LogP contribution in [0.1, 0.15) is 12.0 Å². The molecule has 6 heteroatoms. The minimum Gasteiger partial charge on any atom is -0.481 e. The molecule has 16 heavy (non-hydrogen) atoms. The van der Waals surface area contributed by atoms with E-state index < -0.39 is 24.3 Å². The molecule has 1 aromatic heterocycles. The molecule has 0 fully saturated rings. The van der Waals surface area contributed by atoms with Crippen molar-refractivity contribution < 1.29 is 14.7 Å². The molecule has 1 unspecified atom stereocenters. The van der Waals surface area contributed by atoms with Crippen LogP contribution in [0, 0.1) is 6.92 Å². The lowest BCUT2D eigenvalue weighted by Gasteiger charge is -2.10. The highest BCUT2D eigenvalue weighted by atomic mass is 16.4. The van der Waals surface area contributed by atoms with E-state index >= 15 is 0 Å². The molecule has 4 N–H and O–H groups in total. The number of carbonyl (C=O) groups is 2. The first-order chi connectivity index (χ1) is 7.50. The van der Waals surface area contributed by atoms with Gasteiger partial charge in [-0.15, -0.1) is 0 Å². The van der Waals surface area contributed by atoms with Crippen molar-refractivity contribution in [3.63, 3.8) is 0 Å². The third-order valence-electron chi connectivity index (χ3n) is 1.98. The van der Waals surface area contributed by atoms with Crippen LogP contribution in [0.2, 0.25) is 0 Å². The normalized spacial score (nSPS) is 11.9. The number of hydrogen-bond acceptors (Lipinski definition) is 4. The SMILES string of the molecule is Cc1cccnc1NC(=O)C(N)CC(=O)O. The smallest absolute Gasteiger partial charge is 0.305 e. The molecule has 86 valence electrons. The van der Waals surface area contributed by atoms with Gasteiger partial charge in [0.2, 0.25) is 5.91 Å². The van der Waals surface area contributed by atoms with Crippen LogP contribution in [0.15, 0.2) is 18.3 Å².